The molecule has 1 heterocycles. The van der Waals surface area contributed by atoms with Gasteiger partial charge in [0.2, 0.25) is 0 Å². The molecule has 1 aliphatic rings. The van der Waals surface area contributed by atoms with Gasteiger partial charge in [-0.25, -0.2) is 4.79 Å². The van der Waals surface area contributed by atoms with Crippen molar-refractivity contribution < 1.29 is 9.53 Å². The number of hydrogen-bond donors (Lipinski definition) is 1. The molecule has 4 nitrogen and oxygen atoms in total. The second-order valence-electron chi connectivity index (χ2n) is 10.00. The first-order valence-electron chi connectivity index (χ1n) is 13.6. The van der Waals surface area contributed by atoms with Gasteiger partial charge in [-0.1, -0.05) is 91.0 Å². The van der Waals surface area contributed by atoms with Crippen molar-refractivity contribution >= 4 is 11.7 Å². The average Bonchev–Trinajstić information content (AvgIpc) is 2.97. The average molecular weight is 505 g/mol. The molecule has 0 spiro atoms. The van der Waals surface area contributed by atoms with Crippen LogP contribution in [0.4, 0.5) is 5.69 Å². The molecule has 1 N–H and O–H groups in total. The molecule has 0 bridgehead atoms. The molecule has 0 amide bonds. The van der Waals surface area contributed by atoms with Crippen LogP contribution >= 0.6 is 0 Å². The SMILES string of the molecule is CCOC(=O)c1ccc(N2CCC[C@H](NC(c3ccccc3)(c3ccccc3)c3ccccc3)C2)cc1C. The second kappa shape index (κ2) is 11.7. The highest BCUT2D eigenvalue weighted by Gasteiger charge is 2.39. The van der Waals surface area contributed by atoms with Crippen LogP contribution in [0.5, 0.6) is 0 Å². The minimum atomic E-state index is -0.485. The summed E-state index contributed by atoms with van der Waals surface area (Å²) in [4.78, 5) is 14.8. The molecular weight excluding hydrogens is 468 g/mol. The van der Waals surface area contributed by atoms with Gasteiger partial charge in [0.1, 0.15) is 0 Å². The largest absolute Gasteiger partial charge is 0.462 e. The Balaban J connectivity index is 1.50. The van der Waals surface area contributed by atoms with E-state index in [2.05, 4.69) is 113 Å². The summed E-state index contributed by atoms with van der Waals surface area (Å²) >= 11 is 0. The maximum Gasteiger partial charge on any atom is 0.338 e. The molecule has 1 aliphatic heterocycles. The number of esters is 1. The van der Waals surface area contributed by atoms with E-state index in [1.54, 1.807) is 0 Å². The van der Waals surface area contributed by atoms with E-state index in [9.17, 15) is 4.79 Å². The lowest BCUT2D eigenvalue weighted by Crippen LogP contribution is -2.55. The van der Waals surface area contributed by atoms with Crippen molar-refractivity contribution in [3.05, 3.63) is 137 Å². The van der Waals surface area contributed by atoms with Gasteiger partial charge in [0.05, 0.1) is 17.7 Å². The van der Waals surface area contributed by atoms with Gasteiger partial charge in [-0.3, -0.25) is 5.32 Å². The van der Waals surface area contributed by atoms with E-state index in [1.807, 2.05) is 19.9 Å². The fourth-order valence-corrected chi connectivity index (χ4v) is 5.73. The first-order chi connectivity index (χ1) is 18.6. The van der Waals surface area contributed by atoms with Crippen molar-refractivity contribution in [1.82, 2.24) is 5.32 Å². The Morgan fingerprint density at radius 2 is 1.42 bits per heavy atom. The lowest BCUT2D eigenvalue weighted by atomic mass is 9.76. The molecule has 194 valence electrons. The van der Waals surface area contributed by atoms with Gasteiger partial charge in [0.15, 0.2) is 0 Å². The van der Waals surface area contributed by atoms with Gasteiger partial charge in [-0.05, 0) is 67.1 Å². The van der Waals surface area contributed by atoms with Gasteiger partial charge in [0.25, 0.3) is 0 Å². The summed E-state index contributed by atoms with van der Waals surface area (Å²) in [6.07, 6.45) is 2.18. The Hall–Kier alpha value is -3.89. The Morgan fingerprint density at radius 1 is 0.868 bits per heavy atom. The lowest BCUT2D eigenvalue weighted by molar-refractivity contribution is 0.0525. The summed E-state index contributed by atoms with van der Waals surface area (Å²) in [7, 11) is 0. The molecular formula is C34H36N2O2. The van der Waals surface area contributed by atoms with E-state index in [1.165, 1.54) is 16.7 Å². The van der Waals surface area contributed by atoms with Crippen molar-refractivity contribution in [3.63, 3.8) is 0 Å². The number of carbonyl (C=O) groups is 1. The fraction of sp³-hybridized carbons (Fsp3) is 0.265. The zero-order valence-electron chi connectivity index (χ0n) is 22.3. The summed E-state index contributed by atoms with van der Waals surface area (Å²) in [5.74, 6) is -0.256. The van der Waals surface area contributed by atoms with Gasteiger partial charge in [-0.2, -0.15) is 0 Å². The molecule has 0 radical (unpaired) electrons. The number of benzene rings is 4. The Bertz CT molecular complexity index is 1240. The van der Waals surface area contributed by atoms with Crippen molar-refractivity contribution in [1.29, 1.82) is 0 Å². The van der Waals surface area contributed by atoms with E-state index >= 15 is 0 Å². The predicted octanol–water partition coefficient (Wildman–Crippen LogP) is 6.72. The normalized spacial score (nSPS) is 15.7. The van der Waals surface area contributed by atoms with Gasteiger partial charge in [-0.15, -0.1) is 0 Å². The number of anilines is 1. The molecule has 0 saturated carbocycles. The van der Waals surface area contributed by atoms with Crippen molar-refractivity contribution in [2.75, 3.05) is 24.6 Å². The lowest BCUT2D eigenvalue weighted by Gasteiger charge is -2.43. The number of ether oxygens (including phenoxy) is 1. The van der Waals surface area contributed by atoms with E-state index in [0.717, 1.165) is 37.2 Å². The number of aryl methyl sites for hydroxylation is 1. The third-order valence-corrected chi connectivity index (χ3v) is 7.53. The minimum absolute atomic E-state index is 0.256. The molecule has 4 aromatic carbocycles. The van der Waals surface area contributed by atoms with Crippen LogP contribution in [0.1, 0.15) is 52.4 Å². The molecule has 0 unspecified atom stereocenters. The third kappa shape index (κ3) is 5.23. The highest BCUT2D eigenvalue weighted by Crippen LogP contribution is 2.38. The molecule has 38 heavy (non-hydrogen) atoms. The van der Waals surface area contributed by atoms with Crippen LogP contribution in [-0.4, -0.2) is 31.7 Å². The molecule has 4 aromatic rings. The van der Waals surface area contributed by atoms with Gasteiger partial charge >= 0.3 is 5.97 Å². The van der Waals surface area contributed by atoms with Crippen LogP contribution < -0.4 is 10.2 Å². The maximum atomic E-state index is 12.3. The molecule has 1 fully saturated rings. The number of piperidine rings is 1. The van der Waals surface area contributed by atoms with E-state index in [0.29, 0.717) is 12.2 Å². The fourth-order valence-electron chi connectivity index (χ4n) is 5.73. The maximum absolute atomic E-state index is 12.3. The standard InChI is InChI=1S/C34H36N2O2/c1-3-38-33(37)32-22-21-31(24-26(32)2)36-23-13-20-30(25-36)35-34(27-14-7-4-8-15-27,28-16-9-5-10-17-28)29-18-11-6-12-19-29/h4-12,14-19,21-22,24,30,35H,3,13,20,23,25H2,1-2H3/t30-/m0/s1. The van der Waals surface area contributed by atoms with Crippen LogP contribution in [0.15, 0.2) is 109 Å². The summed E-state index contributed by atoms with van der Waals surface area (Å²) < 4.78 is 5.23. The number of rotatable bonds is 8. The van der Waals surface area contributed by atoms with E-state index < -0.39 is 5.54 Å². The van der Waals surface area contributed by atoms with Gasteiger partial charge < -0.3 is 9.64 Å². The minimum Gasteiger partial charge on any atom is -0.462 e. The topological polar surface area (TPSA) is 41.6 Å². The predicted molar refractivity (Wildman–Crippen MR) is 155 cm³/mol. The number of carbonyl (C=O) groups excluding carboxylic acids is 1. The van der Waals surface area contributed by atoms with Crippen LogP contribution in [0.3, 0.4) is 0 Å². The quantitative estimate of drug-likeness (QED) is 0.214. The van der Waals surface area contributed by atoms with Crippen molar-refractivity contribution in [3.8, 4) is 0 Å². The molecule has 1 atom stereocenters. The highest BCUT2D eigenvalue weighted by molar-refractivity contribution is 5.91. The van der Waals surface area contributed by atoms with Crippen LogP contribution in [0, 0.1) is 6.92 Å². The van der Waals surface area contributed by atoms with Crippen LogP contribution in [-0.2, 0) is 10.3 Å². The van der Waals surface area contributed by atoms with Crippen molar-refractivity contribution in [2.24, 2.45) is 0 Å². The zero-order valence-corrected chi connectivity index (χ0v) is 22.3. The summed E-state index contributed by atoms with van der Waals surface area (Å²) in [5.41, 5.74) is 5.92. The van der Waals surface area contributed by atoms with Crippen molar-refractivity contribution in [2.45, 2.75) is 38.3 Å². The monoisotopic (exact) mass is 504 g/mol. The number of nitrogens with one attached hydrogen (secondary N) is 1. The third-order valence-electron chi connectivity index (χ3n) is 7.53. The van der Waals surface area contributed by atoms with Crippen LogP contribution in [0.25, 0.3) is 0 Å². The molecule has 4 heteroatoms. The first-order valence-corrected chi connectivity index (χ1v) is 13.6. The van der Waals surface area contributed by atoms with E-state index in [-0.39, 0.29) is 12.0 Å². The number of nitrogens with zero attached hydrogens (tertiary/aromatic N) is 1. The Morgan fingerprint density at radius 3 is 1.92 bits per heavy atom. The molecule has 1 saturated heterocycles. The second-order valence-corrected chi connectivity index (χ2v) is 10.00. The molecule has 5 rings (SSSR count). The Labute approximate surface area is 226 Å². The summed E-state index contributed by atoms with van der Waals surface area (Å²) in [6.45, 7) is 6.08. The smallest absolute Gasteiger partial charge is 0.338 e. The zero-order chi connectivity index (χ0) is 26.4. The first kappa shape index (κ1) is 25.7. The van der Waals surface area contributed by atoms with E-state index in [4.69, 9.17) is 4.74 Å². The highest BCUT2D eigenvalue weighted by atomic mass is 16.5. The van der Waals surface area contributed by atoms with Crippen LogP contribution in [0.2, 0.25) is 0 Å². The molecule has 0 aromatic heterocycles. The number of hydrogen-bond acceptors (Lipinski definition) is 4. The summed E-state index contributed by atoms with van der Waals surface area (Å²) in [6, 6.07) is 38.7. The molecule has 0 aliphatic carbocycles. The Kier molecular flexibility index (Phi) is 7.90. The van der Waals surface area contributed by atoms with Gasteiger partial charge in [0, 0.05) is 24.8 Å². The summed E-state index contributed by atoms with van der Waals surface area (Å²) in [5, 5.41) is 4.16.